The minimum atomic E-state index is -0.300. The Morgan fingerprint density at radius 2 is 1.88 bits per heavy atom. The van der Waals surface area contributed by atoms with Crippen LogP contribution in [0.2, 0.25) is 0 Å². The van der Waals surface area contributed by atoms with Gasteiger partial charge in [0.15, 0.2) is 5.82 Å². The Kier molecular flexibility index (Phi) is 6.12. The van der Waals surface area contributed by atoms with E-state index in [4.69, 9.17) is 4.52 Å². The number of carbonyl (C=O) groups excluding carboxylic acids is 2. The SMILES string of the molecule is CCc1ccc(CCC(=O)N(C)CC(=O)Nc2cc(C)on2)cc1. The van der Waals surface area contributed by atoms with Gasteiger partial charge in [-0.15, -0.1) is 0 Å². The lowest BCUT2D eigenvalue weighted by Gasteiger charge is -2.16. The van der Waals surface area contributed by atoms with Crippen molar-refractivity contribution in [1.82, 2.24) is 10.1 Å². The Balaban J connectivity index is 1.77. The molecular weight excluding hydrogens is 306 g/mol. The lowest BCUT2D eigenvalue weighted by atomic mass is 10.1. The molecular formula is C18H23N3O3. The monoisotopic (exact) mass is 329 g/mol. The second-order valence-corrected chi connectivity index (χ2v) is 5.79. The van der Waals surface area contributed by atoms with Gasteiger partial charge in [-0.3, -0.25) is 9.59 Å². The molecule has 0 spiro atoms. The van der Waals surface area contributed by atoms with E-state index in [1.54, 1.807) is 20.0 Å². The number of aryl methyl sites for hydroxylation is 3. The van der Waals surface area contributed by atoms with Gasteiger partial charge in [0.1, 0.15) is 5.76 Å². The molecule has 0 unspecified atom stereocenters. The Labute approximate surface area is 141 Å². The highest BCUT2D eigenvalue weighted by Crippen LogP contribution is 2.09. The van der Waals surface area contributed by atoms with E-state index in [0.717, 1.165) is 12.0 Å². The zero-order valence-corrected chi connectivity index (χ0v) is 14.3. The van der Waals surface area contributed by atoms with E-state index in [0.29, 0.717) is 24.4 Å². The van der Waals surface area contributed by atoms with Gasteiger partial charge >= 0.3 is 0 Å². The number of nitrogens with one attached hydrogen (secondary N) is 1. The molecule has 6 heteroatoms. The van der Waals surface area contributed by atoms with Crippen LogP contribution in [0.15, 0.2) is 34.9 Å². The van der Waals surface area contributed by atoms with E-state index in [9.17, 15) is 9.59 Å². The number of aromatic nitrogens is 1. The van der Waals surface area contributed by atoms with E-state index in [1.807, 2.05) is 12.1 Å². The predicted octanol–water partition coefficient (Wildman–Crippen LogP) is 2.58. The molecule has 1 N–H and O–H groups in total. The topological polar surface area (TPSA) is 75.4 Å². The van der Waals surface area contributed by atoms with Crippen LogP contribution in [0.25, 0.3) is 0 Å². The summed E-state index contributed by atoms with van der Waals surface area (Å²) in [6, 6.07) is 9.88. The third kappa shape index (κ3) is 5.22. The summed E-state index contributed by atoms with van der Waals surface area (Å²) in [6.07, 6.45) is 2.04. The van der Waals surface area contributed by atoms with Crippen LogP contribution in [0.3, 0.4) is 0 Å². The van der Waals surface area contributed by atoms with Crippen molar-refractivity contribution in [3.63, 3.8) is 0 Å². The van der Waals surface area contributed by atoms with Gasteiger partial charge in [0.25, 0.3) is 0 Å². The molecule has 0 aliphatic heterocycles. The highest BCUT2D eigenvalue weighted by molar-refractivity contribution is 5.93. The van der Waals surface area contributed by atoms with Crippen molar-refractivity contribution in [2.75, 3.05) is 18.9 Å². The van der Waals surface area contributed by atoms with Crippen LogP contribution in [-0.4, -0.2) is 35.5 Å². The zero-order valence-electron chi connectivity index (χ0n) is 14.3. The smallest absolute Gasteiger partial charge is 0.245 e. The van der Waals surface area contributed by atoms with Gasteiger partial charge in [-0.1, -0.05) is 36.3 Å². The quantitative estimate of drug-likeness (QED) is 0.847. The van der Waals surface area contributed by atoms with Crippen LogP contribution in [-0.2, 0) is 22.4 Å². The zero-order chi connectivity index (χ0) is 17.5. The van der Waals surface area contributed by atoms with Crippen molar-refractivity contribution in [2.45, 2.75) is 33.1 Å². The first kappa shape index (κ1) is 17.7. The number of hydrogen-bond donors (Lipinski definition) is 1. The lowest BCUT2D eigenvalue weighted by Crippen LogP contribution is -2.35. The van der Waals surface area contributed by atoms with Crippen molar-refractivity contribution >= 4 is 17.6 Å². The first-order valence-corrected chi connectivity index (χ1v) is 8.03. The summed E-state index contributed by atoms with van der Waals surface area (Å²) in [5, 5.41) is 6.28. The van der Waals surface area contributed by atoms with Gasteiger partial charge in [-0.25, -0.2) is 0 Å². The average molecular weight is 329 g/mol. The average Bonchev–Trinajstić information content (AvgIpc) is 2.97. The predicted molar refractivity (Wildman–Crippen MR) is 91.6 cm³/mol. The summed E-state index contributed by atoms with van der Waals surface area (Å²) in [6.45, 7) is 3.84. The highest BCUT2D eigenvalue weighted by Gasteiger charge is 2.14. The summed E-state index contributed by atoms with van der Waals surface area (Å²) >= 11 is 0. The van der Waals surface area contributed by atoms with Crippen molar-refractivity contribution < 1.29 is 14.1 Å². The Hall–Kier alpha value is -2.63. The minimum Gasteiger partial charge on any atom is -0.360 e. The first-order chi connectivity index (χ1) is 11.5. The molecule has 1 aromatic heterocycles. The molecule has 1 heterocycles. The number of nitrogens with zero attached hydrogens (tertiary/aromatic N) is 2. The molecule has 2 aromatic rings. The standard InChI is InChI=1S/C18H23N3O3/c1-4-14-5-7-15(8-6-14)9-10-18(23)21(3)12-17(22)19-16-11-13(2)24-20-16/h5-8,11H,4,9-10,12H2,1-3H3,(H,19,20,22). The van der Waals surface area contributed by atoms with E-state index in [1.165, 1.54) is 10.5 Å². The summed E-state index contributed by atoms with van der Waals surface area (Å²) < 4.78 is 4.88. The molecule has 24 heavy (non-hydrogen) atoms. The molecule has 0 fully saturated rings. The molecule has 2 rings (SSSR count). The Morgan fingerprint density at radius 3 is 2.46 bits per heavy atom. The summed E-state index contributed by atoms with van der Waals surface area (Å²) in [4.78, 5) is 25.5. The molecule has 0 aliphatic rings. The van der Waals surface area contributed by atoms with Gasteiger partial charge in [-0.05, 0) is 30.9 Å². The molecule has 0 saturated heterocycles. The van der Waals surface area contributed by atoms with Crippen molar-refractivity contribution in [3.8, 4) is 0 Å². The van der Waals surface area contributed by atoms with Crippen LogP contribution < -0.4 is 5.32 Å². The van der Waals surface area contributed by atoms with Crippen molar-refractivity contribution in [2.24, 2.45) is 0 Å². The van der Waals surface area contributed by atoms with E-state index >= 15 is 0 Å². The maximum absolute atomic E-state index is 12.1. The van der Waals surface area contributed by atoms with Crippen molar-refractivity contribution in [3.05, 3.63) is 47.2 Å². The Morgan fingerprint density at radius 1 is 1.21 bits per heavy atom. The fourth-order valence-electron chi connectivity index (χ4n) is 2.30. The second-order valence-electron chi connectivity index (χ2n) is 5.79. The van der Waals surface area contributed by atoms with Crippen LogP contribution in [0.1, 0.15) is 30.2 Å². The summed E-state index contributed by atoms with van der Waals surface area (Å²) in [7, 11) is 1.62. The van der Waals surface area contributed by atoms with Gasteiger partial charge in [0, 0.05) is 19.5 Å². The molecule has 6 nitrogen and oxygen atoms in total. The van der Waals surface area contributed by atoms with Crippen LogP contribution >= 0.6 is 0 Å². The summed E-state index contributed by atoms with van der Waals surface area (Å²) in [5.41, 5.74) is 2.40. The lowest BCUT2D eigenvalue weighted by molar-refractivity contribution is -0.133. The molecule has 0 radical (unpaired) electrons. The van der Waals surface area contributed by atoms with E-state index in [2.05, 4.69) is 29.5 Å². The second kappa shape index (κ2) is 8.29. The van der Waals surface area contributed by atoms with E-state index < -0.39 is 0 Å². The fraction of sp³-hybridized carbons (Fsp3) is 0.389. The normalized spacial score (nSPS) is 10.5. The number of benzene rings is 1. The fourth-order valence-corrected chi connectivity index (χ4v) is 2.30. The van der Waals surface area contributed by atoms with E-state index in [-0.39, 0.29) is 18.4 Å². The third-order valence-electron chi connectivity index (χ3n) is 3.76. The first-order valence-electron chi connectivity index (χ1n) is 8.03. The number of hydrogen-bond acceptors (Lipinski definition) is 4. The third-order valence-corrected chi connectivity index (χ3v) is 3.76. The molecule has 128 valence electrons. The number of carbonyl (C=O) groups is 2. The molecule has 0 bridgehead atoms. The molecule has 2 amide bonds. The Bertz CT molecular complexity index is 692. The van der Waals surface area contributed by atoms with Crippen LogP contribution in [0.4, 0.5) is 5.82 Å². The molecule has 0 saturated carbocycles. The number of likely N-dealkylation sites (N-methyl/N-ethyl adjacent to an activating group) is 1. The molecule has 0 atom stereocenters. The molecule has 1 aromatic carbocycles. The molecule has 0 aliphatic carbocycles. The highest BCUT2D eigenvalue weighted by atomic mass is 16.5. The van der Waals surface area contributed by atoms with Gasteiger partial charge in [0.2, 0.25) is 11.8 Å². The number of anilines is 1. The minimum absolute atomic E-state index is 0.0144. The van der Waals surface area contributed by atoms with Gasteiger partial charge < -0.3 is 14.7 Å². The maximum atomic E-state index is 12.1. The maximum Gasteiger partial charge on any atom is 0.245 e. The van der Waals surface area contributed by atoms with Gasteiger partial charge in [-0.2, -0.15) is 0 Å². The van der Waals surface area contributed by atoms with Crippen LogP contribution in [0, 0.1) is 6.92 Å². The van der Waals surface area contributed by atoms with Gasteiger partial charge in [0.05, 0.1) is 6.54 Å². The number of amides is 2. The summed E-state index contributed by atoms with van der Waals surface area (Å²) in [5.74, 6) is 0.602. The number of rotatable bonds is 7. The largest absolute Gasteiger partial charge is 0.360 e. The van der Waals surface area contributed by atoms with Crippen LogP contribution in [0.5, 0.6) is 0 Å². The van der Waals surface area contributed by atoms with Crippen molar-refractivity contribution in [1.29, 1.82) is 0 Å².